The SMILES string of the molecule is Cc1cc(S[C@H](C)C(=O)N2CCCc3ccccc32)nc(C(C)C)n1. The molecule has 0 bridgehead atoms. The quantitative estimate of drug-likeness (QED) is 0.603. The number of fused-ring (bicyclic) bond motifs is 1. The van der Waals surface area contributed by atoms with Crippen molar-refractivity contribution in [1.82, 2.24) is 9.97 Å². The third-order valence-corrected chi connectivity index (χ3v) is 5.39. The minimum Gasteiger partial charge on any atom is -0.311 e. The van der Waals surface area contributed by atoms with Gasteiger partial charge < -0.3 is 4.90 Å². The molecule has 0 saturated heterocycles. The van der Waals surface area contributed by atoms with Gasteiger partial charge in [-0.2, -0.15) is 0 Å². The van der Waals surface area contributed by atoms with E-state index in [4.69, 9.17) is 0 Å². The summed E-state index contributed by atoms with van der Waals surface area (Å²) in [6, 6.07) is 10.2. The molecule has 3 rings (SSSR count). The number of carbonyl (C=O) groups excluding carboxylic acids is 1. The molecule has 0 unspecified atom stereocenters. The Morgan fingerprint density at radius 2 is 1.96 bits per heavy atom. The van der Waals surface area contributed by atoms with Crippen LogP contribution in [0.5, 0.6) is 0 Å². The smallest absolute Gasteiger partial charge is 0.240 e. The summed E-state index contributed by atoms with van der Waals surface area (Å²) in [6.07, 6.45) is 2.06. The molecule has 5 heteroatoms. The Bertz CT molecular complexity index is 775. The molecule has 4 nitrogen and oxygen atoms in total. The van der Waals surface area contributed by atoms with E-state index in [9.17, 15) is 4.79 Å². The van der Waals surface area contributed by atoms with Crippen LogP contribution in [-0.4, -0.2) is 27.7 Å². The monoisotopic (exact) mass is 355 g/mol. The molecule has 1 amide bonds. The molecule has 1 atom stereocenters. The number of aromatic nitrogens is 2. The zero-order valence-electron chi connectivity index (χ0n) is 15.3. The number of rotatable bonds is 4. The van der Waals surface area contributed by atoms with E-state index in [-0.39, 0.29) is 17.1 Å². The molecule has 0 radical (unpaired) electrons. The molecule has 1 aliphatic heterocycles. The molecule has 25 heavy (non-hydrogen) atoms. The molecule has 132 valence electrons. The summed E-state index contributed by atoms with van der Waals surface area (Å²) >= 11 is 1.52. The van der Waals surface area contributed by atoms with Crippen molar-refractivity contribution in [2.75, 3.05) is 11.4 Å². The fraction of sp³-hybridized carbons (Fsp3) is 0.450. The van der Waals surface area contributed by atoms with Gasteiger partial charge in [0.05, 0.1) is 5.25 Å². The van der Waals surface area contributed by atoms with E-state index in [1.807, 2.05) is 36.9 Å². The Kier molecular flexibility index (Phi) is 5.42. The fourth-order valence-corrected chi connectivity index (χ4v) is 4.07. The van der Waals surface area contributed by atoms with Gasteiger partial charge in [0.1, 0.15) is 10.9 Å². The van der Waals surface area contributed by atoms with Crippen molar-refractivity contribution in [3.63, 3.8) is 0 Å². The molecule has 1 aliphatic rings. The van der Waals surface area contributed by atoms with Crippen LogP contribution in [0.15, 0.2) is 35.4 Å². The molecular formula is C20H25N3OS. The van der Waals surface area contributed by atoms with E-state index < -0.39 is 0 Å². The van der Waals surface area contributed by atoms with Crippen LogP contribution in [0.2, 0.25) is 0 Å². The Morgan fingerprint density at radius 1 is 1.20 bits per heavy atom. The number of hydrogen-bond donors (Lipinski definition) is 0. The maximum absolute atomic E-state index is 13.0. The van der Waals surface area contributed by atoms with Crippen molar-refractivity contribution >= 4 is 23.4 Å². The third kappa shape index (κ3) is 4.03. The number of aryl methyl sites for hydroxylation is 2. The van der Waals surface area contributed by atoms with E-state index in [2.05, 4.69) is 35.9 Å². The molecular weight excluding hydrogens is 330 g/mol. The number of hydrogen-bond acceptors (Lipinski definition) is 4. The summed E-state index contributed by atoms with van der Waals surface area (Å²) in [5.74, 6) is 1.27. The van der Waals surface area contributed by atoms with Crippen LogP contribution in [0.1, 0.15) is 50.2 Å². The lowest BCUT2D eigenvalue weighted by atomic mass is 10.0. The first kappa shape index (κ1) is 17.9. The molecule has 1 aromatic carbocycles. The molecule has 1 aromatic heterocycles. The number of carbonyl (C=O) groups is 1. The summed E-state index contributed by atoms with van der Waals surface area (Å²) in [5.41, 5.74) is 3.27. The first-order valence-corrected chi connectivity index (χ1v) is 9.75. The van der Waals surface area contributed by atoms with Crippen molar-refractivity contribution in [2.45, 2.75) is 56.7 Å². The van der Waals surface area contributed by atoms with E-state index in [0.717, 1.165) is 41.6 Å². The van der Waals surface area contributed by atoms with Crippen molar-refractivity contribution in [1.29, 1.82) is 0 Å². The second-order valence-corrected chi connectivity index (χ2v) is 8.20. The van der Waals surface area contributed by atoms with Gasteiger partial charge in [-0.25, -0.2) is 9.97 Å². The summed E-state index contributed by atoms with van der Waals surface area (Å²) in [7, 11) is 0. The Morgan fingerprint density at radius 3 is 2.72 bits per heavy atom. The summed E-state index contributed by atoms with van der Waals surface area (Å²) in [4.78, 5) is 24.1. The summed E-state index contributed by atoms with van der Waals surface area (Å²) < 4.78 is 0. The molecule has 0 spiro atoms. The van der Waals surface area contributed by atoms with Gasteiger partial charge in [-0.3, -0.25) is 4.79 Å². The van der Waals surface area contributed by atoms with Crippen molar-refractivity contribution in [2.24, 2.45) is 0 Å². The van der Waals surface area contributed by atoms with Crippen LogP contribution in [-0.2, 0) is 11.2 Å². The highest BCUT2D eigenvalue weighted by atomic mass is 32.2. The highest BCUT2D eigenvalue weighted by Crippen LogP contribution is 2.31. The van der Waals surface area contributed by atoms with Gasteiger partial charge in [0.2, 0.25) is 5.91 Å². The third-order valence-electron chi connectivity index (χ3n) is 4.39. The predicted octanol–water partition coefficient (Wildman–Crippen LogP) is 4.37. The van der Waals surface area contributed by atoms with Crippen LogP contribution in [0.4, 0.5) is 5.69 Å². The van der Waals surface area contributed by atoms with E-state index in [1.54, 1.807) is 0 Å². The molecule has 0 saturated carbocycles. The minimum atomic E-state index is -0.180. The van der Waals surface area contributed by atoms with Gasteiger partial charge in [-0.1, -0.05) is 43.8 Å². The zero-order chi connectivity index (χ0) is 18.0. The van der Waals surface area contributed by atoms with E-state index in [1.165, 1.54) is 17.3 Å². The van der Waals surface area contributed by atoms with Crippen LogP contribution in [0.3, 0.4) is 0 Å². The van der Waals surface area contributed by atoms with Gasteiger partial charge in [-0.15, -0.1) is 0 Å². The predicted molar refractivity (Wildman–Crippen MR) is 103 cm³/mol. The number of nitrogens with zero attached hydrogens (tertiary/aromatic N) is 3. The largest absolute Gasteiger partial charge is 0.311 e. The Balaban J connectivity index is 1.78. The second kappa shape index (κ2) is 7.56. The van der Waals surface area contributed by atoms with Crippen molar-refractivity contribution in [3.8, 4) is 0 Å². The number of thioether (sulfide) groups is 1. The van der Waals surface area contributed by atoms with Gasteiger partial charge in [0.25, 0.3) is 0 Å². The molecule has 2 heterocycles. The standard InChI is InChI=1S/C20H25N3OS/c1-13(2)19-21-14(3)12-18(22-19)25-15(4)20(24)23-11-7-9-16-8-5-6-10-17(16)23/h5-6,8,10,12-13,15H,7,9,11H2,1-4H3/t15-/m1/s1. The van der Waals surface area contributed by atoms with Gasteiger partial charge in [0.15, 0.2) is 0 Å². The van der Waals surface area contributed by atoms with Crippen molar-refractivity contribution < 1.29 is 4.79 Å². The highest BCUT2D eigenvalue weighted by molar-refractivity contribution is 8.00. The Hall–Kier alpha value is -1.88. The van der Waals surface area contributed by atoms with E-state index >= 15 is 0 Å². The lowest BCUT2D eigenvalue weighted by molar-refractivity contribution is -0.117. The second-order valence-electron chi connectivity index (χ2n) is 6.84. The minimum absolute atomic E-state index is 0.152. The number of benzene rings is 1. The Labute approximate surface area is 154 Å². The van der Waals surface area contributed by atoms with E-state index in [0.29, 0.717) is 0 Å². The van der Waals surface area contributed by atoms with Gasteiger partial charge in [0, 0.05) is 23.8 Å². The first-order chi connectivity index (χ1) is 12.0. The maximum Gasteiger partial charge on any atom is 0.240 e. The van der Waals surface area contributed by atoms with Crippen LogP contribution >= 0.6 is 11.8 Å². The summed E-state index contributed by atoms with van der Waals surface area (Å²) in [6.45, 7) is 8.91. The number of para-hydroxylation sites is 1. The number of anilines is 1. The molecule has 2 aromatic rings. The topological polar surface area (TPSA) is 46.1 Å². The molecule has 0 N–H and O–H groups in total. The maximum atomic E-state index is 13.0. The van der Waals surface area contributed by atoms with Gasteiger partial charge >= 0.3 is 0 Å². The lowest BCUT2D eigenvalue weighted by Crippen LogP contribution is -2.40. The average molecular weight is 356 g/mol. The van der Waals surface area contributed by atoms with Gasteiger partial charge in [-0.05, 0) is 44.4 Å². The van der Waals surface area contributed by atoms with Crippen LogP contribution in [0.25, 0.3) is 0 Å². The summed E-state index contributed by atoms with van der Waals surface area (Å²) in [5, 5.41) is 0.697. The fourth-order valence-electron chi connectivity index (χ4n) is 3.09. The molecule has 0 aliphatic carbocycles. The molecule has 0 fully saturated rings. The lowest BCUT2D eigenvalue weighted by Gasteiger charge is -2.31. The number of amides is 1. The van der Waals surface area contributed by atoms with Crippen LogP contribution < -0.4 is 4.90 Å². The zero-order valence-corrected chi connectivity index (χ0v) is 16.1. The van der Waals surface area contributed by atoms with Crippen LogP contribution in [0, 0.1) is 6.92 Å². The first-order valence-electron chi connectivity index (χ1n) is 8.87. The average Bonchev–Trinajstić information content (AvgIpc) is 2.60. The highest BCUT2D eigenvalue weighted by Gasteiger charge is 2.27. The normalized spacial score (nSPS) is 15.2. The van der Waals surface area contributed by atoms with Crippen molar-refractivity contribution in [3.05, 3.63) is 47.4 Å².